The molecule has 1 aromatic rings. The van der Waals surface area contributed by atoms with Crippen LogP contribution in [0, 0.1) is 0 Å². The SMILES string of the molecule is O=C(O)c1nc2c(c(C3CCOCC3)n1)CCO2. The summed E-state index contributed by atoms with van der Waals surface area (Å²) < 4.78 is 10.7. The van der Waals surface area contributed by atoms with E-state index in [1.165, 1.54) is 0 Å². The van der Waals surface area contributed by atoms with E-state index < -0.39 is 5.97 Å². The average molecular weight is 250 g/mol. The molecule has 0 saturated carbocycles. The smallest absolute Gasteiger partial charge is 0.374 e. The van der Waals surface area contributed by atoms with Crippen LogP contribution in [-0.4, -0.2) is 40.9 Å². The van der Waals surface area contributed by atoms with Gasteiger partial charge in [0.25, 0.3) is 0 Å². The molecule has 0 aromatic carbocycles. The average Bonchev–Trinajstić information content (AvgIpc) is 2.86. The summed E-state index contributed by atoms with van der Waals surface area (Å²) in [4.78, 5) is 19.2. The minimum absolute atomic E-state index is 0.169. The summed E-state index contributed by atoms with van der Waals surface area (Å²) >= 11 is 0. The van der Waals surface area contributed by atoms with Crippen LogP contribution < -0.4 is 4.74 Å². The van der Waals surface area contributed by atoms with Crippen LogP contribution in [0.25, 0.3) is 0 Å². The van der Waals surface area contributed by atoms with Gasteiger partial charge in [-0.05, 0) is 12.8 Å². The van der Waals surface area contributed by atoms with Crippen LogP contribution in [0.1, 0.15) is 40.6 Å². The molecule has 0 radical (unpaired) electrons. The summed E-state index contributed by atoms with van der Waals surface area (Å²) in [6.07, 6.45) is 2.52. The number of carboxylic acids is 1. The number of aromatic carboxylic acids is 1. The van der Waals surface area contributed by atoms with Gasteiger partial charge in [0.15, 0.2) is 0 Å². The van der Waals surface area contributed by atoms with Gasteiger partial charge < -0.3 is 14.6 Å². The molecule has 6 nitrogen and oxygen atoms in total. The van der Waals surface area contributed by atoms with Crippen molar-refractivity contribution in [2.24, 2.45) is 0 Å². The monoisotopic (exact) mass is 250 g/mol. The van der Waals surface area contributed by atoms with Gasteiger partial charge in [0, 0.05) is 31.1 Å². The number of hydrogen-bond acceptors (Lipinski definition) is 5. The fourth-order valence-electron chi connectivity index (χ4n) is 2.49. The molecule has 2 aliphatic heterocycles. The standard InChI is InChI=1S/C12H14N2O4/c15-12(16)10-13-9(7-1-4-17-5-2-7)8-3-6-18-11(8)14-10/h7H,1-6H2,(H,15,16). The Hall–Kier alpha value is -1.69. The van der Waals surface area contributed by atoms with Gasteiger partial charge in [-0.3, -0.25) is 0 Å². The third-order valence-electron chi connectivity index (χ3n) is 3.39. The van der Waals surface area contributed by atoms with E-state index in [0.29, 0.717) is 25.7 Å². The Balaban J connectivity index is 2.03. The fourth-order valence-corrected chi connectivity index (χ4v) is 2.49. The molecule has 0 aliphatic carbocycles. The van der Waals surface area contributed by atoms with Gasteiger partial charge in [0.1, 0.15) is 0 Å². The van der Waals surface area contributed by atoms with E-state index in [4.69, 9.17) is 14.6 Å². The molecule has 18 heavy (non-hydrogen) atoms. The van der Waals surface area contributed by atoms with Gasteiger partial charge in [-0.25, -0.2) is 9.78 Å². The molecular formula is C12H14N2O4. The molecule has 0 atom stereocenters. The van der Waals surface area contributed by atoms with Crippen molar-refractivity contribution in [1.82, 2.24) is 9.97 Å². The van der Waals surface area contributed by atoms with E-state index in [2.05, 4.69) is 9.97 Å². The van der Waals surface area contributed by atoms with E-state index in [1.54, 1.807) is 0 Å². The third-order valence-corrected chi connectivity index (χ3v) is 3.39. The molecule has 3 heterocycles. The van der Waals surface area contributed by atoms with Crippen LogP contribution in [0.3, 0.4) is 0 Å². The van der Waals surface area contributed by atoms with Crippen LogP contribution in [0.2, 0.25) is 0 Å². The minimum Gasteiger partial charge on any atom is -0.477 e. The Kier molecular flexibility index (Phi) is 2.87. The Morgan fingerprint density at radius 2 is 2.00 bits per heavy atom. The van der Waals surface area contributed by atoms with Gasteiger partial charge in [-0.15, -0.1) is 0 Å². The molecule has 2 aliphatic rings. The summed E-state index contributed by atoms with van der Waals surface area (Å²) in [5.74, 6) is -0.571. The van der Waals surface area contributed by atoms with E-state index in [9.17, 15) is 4.79 Å². The number of carboxylic acid groups (broad SMARTS) is 1. The van der Waals surface area contributed by atoms with Crippen molar-refractivity contribution in [3.8, 4) is 5.88 Å². The number of rotatable bonds is 2. The number of nitrogens with zero attached hydrogens (tertiary/aromatic N) is 2. The topological polar surface area (TPSA) is 81.5 Å². The van der Waals surface area contributed by atoms with E-state index in [-0.39, 0.29) is 11.7 Å². The van der Waals surface area contributed by atoms with Crippen molar-refractivity contribution in [2.45, 2.75) is 25.2 Å². The van der Waals surface area contributed by atoms with Crippen LogP contribution in [0.5, 0.6) is 5.88 Å². The van der Waals surface area contributed by atoms with Crippen molar-refractivity contribution < 1.29 is 19.4 Å². The first kappa shape index (κ1) is 11.4. The second-order valence-corrected chi connectivity index (χ2v) is 4.51. The zero-order valence-electron chi connectivity index (χ0n) is 9.89. The Labute approximate surface area is 104 Å². The van der Waals surface area contributed by atoms with Gasteiger partial charge >= 0.3 is 5.97 Å². The zero-order valence-corrected chi connectivity index (χ0v) is 9.89. The molecule has 96 valence electrons. The molecule has 1 fully saturated rings. The highest BCUT2D eigenvalue weighted by atomic mass is 16.5. The second kappa shape index (κ2) is 4.53. The Morgan fingerprint density at radius 1 is 1.22 bits per heavy atom. The first-order valence-electron chi connectivity index (χ1n) is 6.10. The Bertz CT molecular complexity index is 483. The number of fused-ring (bicyclic) bond motifs is 1. The van der Waals surface area contributed by atoms with Crippen molar-refractivity contribution in [3.63, 3.8) is 0 Å². The predicted molar refractivity (Wildman–Crippen MR) is 61.0 cm³/mol. The lowest BCUT2D eigenvalue weighted by molar-refractivity contribution is 0.0680. The van der Waals surface area contributed by atoms with Crippen LogP contribution in [0.4, 0.5) is 0 Å². The summed E-state index contributed by atoms with van der Waals surface area (Å²) in [6.45, 7) is 1.96. The lowest BCUT2D eigenvalue weighted by atomic mass is 9.92. The van der Waals surface area contributed by atoms with E-state index >= 15 is 0 Å². The molecule has 0 spiro atoms. The quantitative estimate of drug-likeness (QED) is 0.843. The maximum Gasteiger partial charge on any atom is 0.374 e. The molecular weight excluding hydrogens is 236 g/mol. The highest BCUT2D eigenvalue weighted by Crippen LogP contribution is 2.34. The normalized spacial score (nSPS) is 19.3. The van der Waals surface area contributed by atoms with Gasteiger partial charge in [0.05, 0.1) is 12.3 Å². The molecule has 6 heteroatoms. The summed E-state index contributed by atoms with van der Waals surface area (Å²) in [6, 6.07) is 0. The maximum atomic E-state index is 11.0. The van der Waals surface area contributed by atoms with Crippen molar-refractivity contribution in [3.05, 3.63) is 17.1 Å². The van der Waals surface area contributed by atoms with E-state index in [1.807, 2.05) is 0 Å². The lowest BCUT2D eigenvalue weighted by Gasteiger charge is -2.23. The molecule has 0 unspecified atom stereocenters. The van der Waals surface area contributed by atoms with Gasteiger partial charge in [-0.1, -0.05) is 0 Å². The largest absolute Gasteiger partial charge is 0.477 e. The molecule has 1 N–H and O–H groups in total. The van der Waals surface area contributed by atoms with Crippen molar-refractivity contribution in [1.29, 1.82) is 0 Å². The second-order valence-electron chi connectivity index (χ2n) is 4.51. The number of ether oxygens (including phenoxy) is 2. The third kappa shape index (κ3) is 1.92. The van der Waals surface area contributed by atoms with E-state index in [0.717, 1.165) is 30.5 Å². The first-order valence-corrected chi connectivity index (χ1v) is 6.10. The minimum atomic E-state index is -1.11. The summed E-state index contributed by atoms with van der Waals surface area (Å²) in [7, 11) is 0. The zero-order chi connectivity index (χ0) is 12.5. The highest BCUT2D eigenvalue weighted by molar-refractivity contribution is 5.83. The molecule has 1 saturated heterocycles. The first-order chi connectivity index (χ1) is 8.75. The highest BCUT2D eigenvalue weighted by Gasteiger charge is 2.28. The van der Waals surface area contributed by atoms with Crippen molar-refractivity contribution >= 4 is 5.97 Å². The summed E-state index contributed by atoms with van der Waals surface area (Å²) in [5.41, 5.74) is 1.82. The number of aromatic nitrogens is 2. The molecule has 3 rings (SSSR count). The van der Waals surface area contributed by atoms with Crippen LogP contribution in [-0.2, 0) is 11.2 Å². The summed E-state index contributed by atoms with van der Waals surface area (Å²) in [5, 5.41) is 9.03. The molecule has 0 amide bonds. The van der Waals surface area contributed by atoms with Crippen molar-refractivity contribution in [2.75, 3.05) is 19.8 Å². The van der Waals surface area contributed by atoms with Gasteiger partial charge in [-0.2, -0.15) is 4.98 Å². The van der Waals surface area contributed by atoms with Crippen LogP contribution in [0.15, 0.2) is 0 Å². The molecule has 1 aromatic heterocycles. The van der Waals surface area contributed by atoms with Crippen LogP contribution >= 0.6 is 0 Å². The fraction of sp³-hybridized carbons (Fsp3) is 0.583. The maximum absolute atomic E-state index is 11.0. The number of hydrogen-bond donors (Lipinski definition) is 1. The van der Waals surface area contributed by atoms with Gasteiger partial charge in [0.2, 0.25) is 11.7 Å². The molecule has 0 bridgehead atoms. The number of carbonyl (C=O) groups is 1. The lowest BCUT2D eigenvalue weighted by Crippen LogP contribution is -2.18. The Morgan fingerprint density at radius 3 is 2.72 bits per heavy atom. The predicted octanol–water partition coefficient (Wildman–Crippen LogP) is 1.00.